The summed E-state index contributed by atoms with van der Waals surface area (Å²) in [6.45, 7) is 1.86. The molecule has 40 heavy (non-hydrogen) atoms. The number of hydrogen-bond donors (Lipinski definition) is 2. The van der Waals surface area contributed by atoms with Crippen LogP contribution < -0.4 is 9.13 Å². The molecule has 1 unspecified atom stereocenters. The minimum Gasteiger partial charge on any atom is -0.477 e. The number of carboxylic acid groups (broad SMARTS) is 2. The highest BCUT2D eigenvalue weighted by Gasteiger charge is 2.30. The summed E-state index contributed by atoms with van der Waals surface area (Å²) in [5.41, 5.74) is 6.45. The molecular weight excluding hydrogens is 504 g/mol. The second-order valence-corrected chi connectivity index (χ2v) is 10.1. The number of nitrogens with zero attached hydrogens (tertiary/aromatic N) is 4. The molecule has 0 saturated carbocycles. The fourth-order valence-corrected chi connectivity index (χ4v) is 4.96. The molecule has 1 aromatic carbocycles. The van der Waals surface area contributed by atoms with Crippen molar-refractivity contribution in [1.82, 2.24) is 4.98 Å². The first-order valence-corrected chi connectivity index (χ1v) is 13.0. The minimum absolute atomic E-state index is 0.0154. The summed E-state index contributed by atoms with van der Waals surface area (Å²) in [4.78, 5) is 26.7. The van der Waals surface area contributed by atoms with Crippen molar-refractivity contribution in [1.29, 1.82) is 0 Å². The van der Waals surface area contributed by atoms with E-state index in [2.05, 4.69) is 39.9 Å². The summed E-state index contributed by atoms with van der Waals surface area (Å²) in [5, 5.41) is 18.6. The minimum atomic E-state index is -0.871. The molecule has 3 aromatic heterocycles. The fraction of sp³-hybridized carbons (Fsp3) is 0.156. The molecule has 1 atom stereocenters. The molecule has 0 amide bonds. The normalized spacial score (nSPS) is 16.4. The monoisotopic (exact) mass is 535 g/mol. The van der Waals surface area contributed by atoms with Crippen molar-refractivity contribution in [2.24, 2.45) is 0 Å². The smallest absolute Gasteiger partial charge is 0.370 e. The van der Waals surface area contributed by atoms with Crippen molar-refractivity contribution in [2.45, 2.75) is 19.6 Å². The van der Waals surface area contributed by atoms with E-state index in [4.69, 9.17) is 5.11 Å². The predicted molar refractivity (Wildman–Crippen MR) is 148 cm³/mol. The number of rotatable bonds is 10. The number of pyridine rings is 3. The molecule has 0 spiro atoms. The van der Waals surface area contributed by atoms with Crippen LogP contribution in [0.5, 0.6) is 0 Å². The molecule has 8 nitrogen and oxygen atoms in total. The van der Waals surface area contributed by atoms with Crippen LogP contribution in [-0.2, 0) is 29.2 Å². The maximum Gasteiger partial charge on any atom is 0.370 e. The van der Waals surface area contributed by atoms with Gasteiger partial charge in [-0.05, 0) is 46.5 Å². The molecule has 8 heteroatoms. The van der Waals surface area contributed by atoms with E-state index in [-0.39, 0.29) is 13.1 Å². The Labute approximate surface area is 232 Å². The molecule has 0 radical (unpaired) electrons. The number of aromatic nitrogens is 3. The lowest BCUT2D eigenvalue weighted by molar-refractivity contribution is -0.880. The molecule has 0 aliphatic carbocycles. The zero-order chi connectivity index (χ0) is 28.0. The van der Waals surface area contributed by atoms with E-state index in [1.807, 2.05) is 61.1 Å². The van der Waals surface area contributed by atoms with Gasteiger partial charge in [0.25, 0.3) is 0 Å². The molecule has 2 N–H and O–H groups in total. The zero-order valence-electron chi connectivity index (χ0n) is 22.0. The maximum atomic E-state index is 11.7. The van der Waals surface area contributed by atoms with Crippen LogP contribution in [0, 0.1) is 0 Å². The predicted octanol–water partition coefficient (Wildman–Crippen LogP) is 3.47. The summed E-state index contributed by atoms with van der Waals surface area (Å²) in [5.74, 6) is -1.69. The third-order valence-corrected chi connectivity index (χ3v) is 7.03. The van der Waals surface area contributed by atoms with Crippen molar-refractivity contribution in [2.75, 3.05) is 13.1 Å². The molecule has 0 bridgehead atoms. The molecule has 1 aliphatic rings. The van der Waals surface area contributed by atoms with Crippen LogP contribution in [0.3, 0.4) is 0 Å². The van der Waals surface area contributed by atoms with Gasteiger partial charge in [0, 0.05) is 47.8 Å². The Kier molecular flexibility index (Phi) is 7.89. The first kappa shape index (κ1) is 26.6. The van der Waals surface area contributed by atoms with Gasteiger partial charge in [0.1, 0.15) is 13.1 Å². The number of benzene rings is 1. The summed E-state index contributed by atoms with van der Waals surface area (Å²) in [7, 11) is 0. The number of carbonyl (C=O) groups is 2. The first-order chi connectivity index (χ1) is 19.4. The molecule has 4 aromatic rings. The van der Waals surface area contributed by atoms with Gasteiger partial charge in [-0.3, -0.25) is 9.47 Å². The van der Waals surface area contributed by atoms with Gasteiger partial charge in [0.05, 0.1) is 6.20 Å². The largest absolute Gasteiger partial charge is 0.477 e. The van der Waals surface area contributed by atoms with Gasteiger partial charge in [-0.15, -0.1) is 0 Å². The van der Waals surface area contributed by atoms with E-state index in [0.717, 1.165) is 33.4 Å². The summed E-state index contributed by atoms with van der Waals surface area (Å²) in [6, 6.07) is 20.2. The van der Waals surface area contributed by atoms with Gasteiger partial charge in [0.2, 0.25) is 6.54 Å². The highest BCUT2D eigenvalue weighted by atomic mass is 16.4. The summed E-state index contributed by atoms with van der Waals surface area (Å²) >= 11 is 0. The first-order valence-electron chi connectivity index (χ1n) is 13.0. The van der Waals surface area contributed by atoms with Crippen molar-refractivity contribution in [3.63, 3.8) is 0 Å². The average Bonchev–Trinajstić information content (AvgIpc) is 2.95. The highest BCUT2D eigenvalue weighted by Crippen LogP contribution is 2.26. The third-order valence-electron chi connectivity index (χ3n) is 7.03. The molecule has 0 fully saturated rings. The Balaban J connectivity index is 1.23. The van der Waals surface area contributed by atoms with E-state index in [1.54, 1.807) is 29.4 Å². The highest BCUT2D eigenvalue weighted by molar-refractivity contribution is 5.74. The van der Waals surface area contributed by atoms with Crippen molar-refractivity contribution in [3.8, 4) is 11.1 Å². The molecular formula is C32H31N4O4+3. The van der Waals surface area contributed by atoms with Crippen LogP contribution in [0.15, 0.2) is 116 Å². The topological polar surface area (TPSA) is 95.2 Å². The van der Waals surface area contributed by atoms with E-state index in [9.17, 15) is 14.7 Å². The number of quaternary nitrogens is 1. The van der Waals surface area contributed by atoms with Crippen molar-refractivity contribution in [3.05, 3.63) is 133 Å². The van der Waals surface area contributed by atoms with Crippen molar-refractivity contribution >= 4 is 17.5 Å². The lowest BCUT2D eigenvalue weighted by Gasteiger charge is -2.34. The van der Waals surface area contributed by atoms with Crippen LogP contribution in [0.2, 0.25) is 0 Å². The number of carboxylic acids is 2. The molecule has 200 valence electrons. The standard InChI is InChI=1S/C32H29N4O4/c37-31(38)22-35-17-9-29(10-18-35)28-7-15-34(16-8-28)21-25-1-3-26(4-2-25)23-36(24-32(39)40)19-11-30(12-20-36)27-5-13-33-14-6-27/h1-19H,20-24H2/q+1/p+2. The van der Waals surface area contributed by atoms with Gasteiger partial charge in [-0.1, -0.05) is 24.3 Å². The van der Waals surface area contributed by atoms with E-state index in [0.29, 0.717) is 24.1 Å². The lowest BCUT2D eigenvalue weighted by Crippen LogP contribution is -2.47. The number of aliphatic carboxylic acids is 2. The Bertz CT molecular complexity index is 1550. The van der Waals surface area contributed by atoms with Crippen LogP contribution in [-0.4, -0.2) is 44.7 Å². The molecule has 5 rings (SSSR count). The Morgan fingerprint density at radius 2 is 1.35 bits per heavy atom. The quantitative estimate of drug-likeness (QED) is 0.240. The van der Waals surface area contributed by atoms with E-state index in [1.165, 1.54) is 0 Å². The van der Waals surface area contributed by atoms with Crippen molar-refractivity contribution < 1.29 is 33.4 Å². The lowest BCUT2D eigenvalue weighted by atomic mass is 10.0. The van der Waals surface area contributed by atoms with E-state index >= 15 is 0 Å². The number of hydrogen-bond acceptors (Lipinski definition) is 3. The van der Waals surface area contributed by atoms with Gasteiger partial charge < -0.3 is 10.2 Å². The molecule has 0 saturated heterocycles. The average molecular weight is 536 g/mol. The summed E-state index contributed by atoms with van der Waals surface area (Å²) < 4.78 is 4.06. The second-order valence-electron chi connectivity index (χ2n) is 10.1. The SMILES string of the molecule is O=C(O)C[n+]1ccc(-c2cc[n+](Cc3ccc(C[N+]4(CC(=O)O)C=CC(c5ccncc5)=CC4)cc3)cc2)cc1. The number of allylic oxidation sites excluding steroid dienone is 2. The fourth-order valence-electron chi connectivity index (χ4n) is 4.96. The Morgan fingerprint density at radius 1 is 0.750 bits per heavy atom. The maximum absolute atomic E-state index is 11.7. The zero-order valence-corrected chi connectivity index (χ0v) is 22.0. The van der Waals surface area contributed by atoms with Crippen LogP contribution in [0.25, 0.3) is 16.7 Å². The van der Waals surface area contributed by atoms with Gasteiger partial charge >= 0.3 is 11.9 Å². The van der Waals surface area contributed by atoms with Crippen LogP contribution in [0.4, 0.5) is 0 Å². The van der Waals surface area contributed by atoms with Crippen LogP contribution in [0.1, 0.15) is 16.7 Å². The van der Waals surface area contributed by atoms with E-state index < -0.39 is 11.9 Å². The van der Waals surface area contributed by atoms with Crippen LogP contribution >= 0.6 is 0 Å². The van der Waals surface area contributed by atoms with Gasteiger partial charge in [-0.25, -0.2) is 14.2 Å². The molecule has 1 aliphatic heterocycles. The summed E-state index contributed by atoms with van der Waals surface area (Å²) in [6.07, 6.45) is 17.2. The Hall–Kier alpha value is -4.95. The van der Waals surface area contributed by atoms with Gasteiger partial charge in [0.15, 0.2) is 37.9 Å². The third kappa shape index (κ3) is 6.73. The molecule has 4 heterocycles. The second kappa shape index (κ2) is 11.8. The van der Waals surface area contributed by atoms with Gasteiger partial charge in [-0.2, -0.15) is 4.57 Å². The Morgan fingerprint density at radius 3 is 1.90 bits per heavy atom.